The first-order chi connectivity index (χ1) is 12.2. The van der Waals surface area contributed by atoms with E-state index in [-0.39, 0.29) is 33.3 Å². The predicted molar refractivity (Wildman–Crippen MR) is 89.9 cm³/mol. The molecule has 0 fully saturated rings. The second-order valence-electron chi connectivity index (χ2n) is 5.65. The fourth-order valence-corrected chi connectivity index (χ4v) is 3.49. The maximum absolute atomic E-state index is 13.7. The van der Waals surface area contributed by atoms with E-state index in [1.807, 2.05) is 0 Å². The zero-order chi connectivity index (χ0) is 19.1. The molecule has 0 bridgehead atoms. The smallest absolute Gasteiger partial charge is 0.397 e. The van der Waals surface area contributed by atoms with E-state index in [0.29, 0.717) is 6.42 Å². The van der Waals surface area contributed by atoms with Gasteiger partial charge >= 0.3 is 6.18 Å². The minimum atomic E-state index is -4.58. The Labute approximate surface area is 149 Å². The van der Waals surface area contributed by atoms with Crippen molar-refractivity contribution in [3.63, 3.8) is 0 Å². The summed E-state index contributed by atoms with van der Waals surface area (Å²) < 4.78 is 53.2. The van der Waals surface area contributed by atoms with Crippen molar-refractivity contribution in [3.05, 3.63) is 46.4 Å². The predicted octanol–water partition coefficient (Wildman–Crippen LogP) is 4.01. The van der Waals surface area contributed by atoms with Gasteiger partial charge in [-0.25, -0.2) is 4.39 Å². The van der Waals surface area contributed by atoms with Crippen LogP contribution in [0.25, 0.3) is 10.6 Å². The standard InChI is InChI=1S/C16H14F4N4OS/c1-24-11(7-13(23-24)16(18,19)20)14-9(21)6-12(26-14)15(25)22-10-5-3-2-4-8(10)17/h3,5-7H,2,4,21H2,1H3,(H,22,25). The van der Waals surface area contributed by atoms with Gasteiger partial charge in [-0.2, -0.15) is 18.3 Å². The van der Waals surface area contributed by atoms with Crippen LogP contribution in [0.5, 0.6) is 0 Å². The van der Waals surface area contributed by atoms with Crippen LogP contribution in [-0.2, 0) is 13.2 Å². The lowest BCUT2D eigenvalue weighted by Gasteiger charge is -2.10. The minimum absolute atomic E-state index is 0.0784. The molecule has 0 unspecified atom stereocenters. The second-order valence-corrected chi connectivity index (χ2v) is 6.70. The van der Waals surface area contributed by atoms with Crippen molar-refractivity contribution in [1.29, 1.82) is 0 Å². The summed E-state index contributed by atoms with van der Waals surface area (Å²) in [6, 6.07) is 2.22. The molecule has 0 radical (unpaired) electrons. The summed E-state index contributed by atoms with van der Waals surface area (Å²) in [6.07, 6.45) is -0.603. The van der Waals surface area contributed by atoms with Gasteiger partial charge in [0.2, 0.25) is 0 Å². The Balaban J connectivity index is 1.89. The maximum Gasteiger partial charge on any atom is 0.435 e. The largest absolute Gasteiger partial charge is 0.435 e. The number of amides is 1. The number of rotatable bonds is 3. The van der Waals surface area contributed by atoms with E-state index in [4.69, 9.17) is 5.73 Å². The van der Waals surface area contributed by atoms with Crippen LogP contribution >= 0.6 is 11.3 Å². The summed E-state index contributed by atoms with van der Waals surface area (Å²) in [6.45, 7) is 0. The molecular formula is C16H14F4N4OS. The van der Waals surface area contributed by atoms with Gasteiger partial charge in [0.25, 0.3) is 5.91 Å². The van der Waals surface area contributed by atoms with Crippen LogP contribution in [0.4, 0.5) is 23.2 Å². The van der Waals surface area contributed by atoms with Crippen molar-refractivity contribution in [2.24, 2.45) is 7.05 Å². The number of hydrogen-bond donors (Lipinski definition) is 2. The summed E-state index contributed by atoms with van der Waals surface area (Å²) in [7, 11) is 1.36. The highest BCUT2D eigenvalue weighted by Gasteiger charge is 2.35. The SMILES string of the molecule is Cn1nc(C(F)(F)F)cc1-c1sc(C(=O)NC2=C(F)CCC=C2)cc1N. The fraction of sp³-hybridized carbons (Fsp3) is 0.250. The fourth-order valence-electron chi connectivity index (χ4n) is 2.47. The average Bonchev–Trinajstić information content (AvgIpc) is 3.12. The van der Waals surface area contributed by atoms with Gasteiger partial charge in [0.05, 0.1) is 26.8 Å². The van der Waals surface area contributed by atoms with E-state index in [9.17, 15) is 22.4 Å². The highest BCUT2D eigenvalue weighted by Crippen LogP contribution is 2.38. The van der Waals surface area contributed by atoms with Crippen molar-refractivity contribution in [3.8, 4) is 10.6 Å². The molecule has 2 heterocycles. The lowest BCUT2D eigenvalue weighted by atomic mass is 10.1. The number of carbonyl (C=O) groups is 1. The Hall–Kier alpha value is -2.62. The van der Waals surface area contributed by atoms with Gasteiger partial charge in [-0.3, -0.25) is 9.48 Å². The van der Waals surface area contributed by atoms with Crippen LogP contribution < -0.4 is 11.1 Å². The van der Waals surface area contributed by atoms with Crippen molar-refractivity contribution in [2.75, 3.05) is 5.73 Å². The summed E-state index contributed by atoms with van der Waals surface area (Å²) in [5.41, 5.74) is 5.18. The van der Waals surface area contributed by atoms with E-state index in [0.717, 1.165) is 22.1 Å². The third kappa shape index (κ3) is 3.50. The summed E-state index contributed by atoms with van der Waals surface area (Å²) in [4.78, 5) is 12.8. The van der Waals surface area contributed by atoms with E-state index in [1.54, 1.807) is 6.08 Å². The summed E-state index contributed by atoms with van der Waals surface area (Å²) >= 11 is 0.914. The van der Waals surface area contributed by atoms with Crippen LogP contribution in [0.3, 0.4) is 0 Å². The van der Waals surface area contributed by atoms with Crippen molar-refractivity contribution < 1.29 is 22.4 Å². The number of nitrogen functional groups attached to an aromatic ring is 1. The Morgan fingerprint density at radius 2 is 2.12 bits per heavy atom. The Morgan fingerprint density at radius 3 is 2.73 bits per heavy atom. The average molecular weight is 386 g/mol. The number of allylic oxidation sites excluding steroid dienone is 3. The highest BCUT2D eigenvalue weighted by molar-refractivity contribution is 7.18. The molecule has 26 heavy (non-hydrogen) atoms. The number of thiophene rings is 1. The number of halogens is 4. The number of aryl methyl sites for hydroxylation is 1. The first-order valence-corrected chi connectivity index (χ1v) is 8.36. The molecular weight excluding hydrogens is 372 g/mol. The minimum Gasteiger partial charge on any atom is -0.397 e. The van der Waals surface area contributed by atoms with E-state index >= 15 is 0 Å². The molecule has 1 aliphatic rings. The van der Waals surface area contributed by atoms with Gasteiger partial charge in [-0.1, -0.05) is 6.08 Å². The number of nitrogens with one attached hydrogen (secondary N) is 1. The molecule has 3 rings (SSSR count). The number of aromatic nitrogens is 2. The van der Waals surface area contributed by atoms with Gasteiger partial charge in [0, 0.05) is 13.5 Å². The van der Waals surface area contributed by atoms with E-state index in [1.165, 1.54) is 19.2 Å². The molecule has 0 saturated heterocycles. The number of anilines is 1. The quantitative estimate of drug-likeness (QED) is 0.783. The molecule has 138 valence electrons. The molecule has 0 spiro atoms. The van der Waals surface area contributed by atoms with Crippen molar-refractivity contribution in [2.45, 2.75) is 19.0 Å². The zero-order valence-electron chi connectivity index (χ0n) is 13.5. The lowest BCUT2D eigenvalue weighted by molar-refractivity contribution is -0.141. The zero-order valence-corrected chi connectivity index (χ0v) is 14.3. The second kappa shape index (κ2) is 6.60. The highest BCUT2D eigenvalue weighted by atomic mass is 32.1. The molecule has 1 aliphatic carbocycles. The number of nitrogens with two attached hydrogens (primary N) is 1. The van der Waals surface area contributed by atoms with Crippen LogP contribution in [-0.4, -0.2) is 15.7 Å². The van der Waals surface area contributed by atoms with E-state index in [2.05, 4.69) is 10.4 Å². The Morgan fingerprint density at radius 1 is 1.38 bits per heavy atom. The molecule has 2 aromatic rings. The van der Waals surface area contributed by atoms with Gasteiger partial charge in [0.1, 0.15) is 5.83 Å². The van der Waals surface area contributed by atoms with Crippen molar-refractivity contribution >= 4 is 22.9 Å². The van der Waals surface area contributed by atoms with Crippen LogP contribution in [0.2, 0.25) is 0 Å². The third-order valence-corrected chi connectivity index (χ3v) is 4.92. The Kier molecular flexibility index (Phi) is 4.61. The topological polar surface area (TPSA) is 72.9 Å². The molecule has 5 nitrogen and oxygen atoms in total. The lowest BCUT2D eigenvalue weighted by Crippen LogP contribution is -2.22. The summed E-state index contributed by atoms with van der Waals surface area (Å²) in [5.74, 6) is -1.00. The number of carbonyl (C=O) groups excluding carboxylic acids is 1. The molecule has 10 heteroatoms. The molecule has 0 aliphatic heterocycles. The van der Waals surface area contributed by atoms with Gasteiger partial charge < -0.3 is 11.1 Å². The third-order valence-electron chi connectivity index (χ3n) is 3.74. The molecule has 0 aromatic carbocycles. The van der Waals surface area contributed by atoms with Crippen LogP contribution in [0.1, 0.15) is 28.2 Å². The number of alkyl halides is 3. The number of hydrogen-bond acceptors (Lipinski definition) is 4. The summed E-state index contributed by atoms with van der Waals surface area (Å²) in [5, 5.41) is 5.89. The normalized spacial score (nSPS) is 14.8. The molecule has 0 saturated carbocycles. The molecule has 3 N–H and O–H groups in total. The first-order valence-electron chi connectivity index (χ1n) is 7.54. The van der Waals surface area contributed by atoms with Gasteiger partial charge in [-0.05, 0) is 24.6 Å². The molecule has 1 amide bonds. The Bertz CT molecular complexity index is 923. The molecule has 0 atom stereocenters. The monoisotopic (exact) mass is 386 g/mol. The van der Waals surface area contributed by atoms with Gasteiger partial charge in [0.15, 0.2) is 5.69 Å². The van der Waals surface area contributed by atoms with Gasteiger partial charge in [-0.15, -0.1) is 11.3 Å². The van der Waals surface area contributed by atoms with E-state index < -0.39 is 23.6 Å². The van der Waals surface area contributed by atoms with Crippen LogP contribution in [0, 0.1) is 0 Å². The maximum atomic E-state index is 13.7. The number of nitrogens with zero attached hydrogens (tertiary/aromatic N) is 2. The first kappa shape index (κ1) is 18.2. The van der Waals surface area contributed by atoms with Crippen molar-refractivity contribution in [1.82, 2.24) is 15.1 Å². The van der Waals surface area contributed by atoms with Crippen LogP contribution in [0.15, 0.2) is 35.8 Å². The molecule has 2 aromatic heterocycles.